The van der Waals surface area contributed by atoms with Gasteiger partial charge in [0.05, 0.1) is 0 Å². The first kappa shape index (κ1) is 13.1. The Bertz CT molecular complexity index is 344. The molecule has 0 atom stereocenters. The molecule has 88 valence electrons. The van der Waals surface area contributed by atoms with Crippen LogP contribution in [0.25, 0.3) is 0 Å². The van der Waals surface area contributed by atoms with Crippen LogP contribution in [0.2, 0.25) is 0 Å². The number of aromatic hydroxyl groups is 1. The van der Waals surface area contributed by atoms with Crippen LogP contribution in [0.15, 0.2) is 30.9 Å². The summed E-state index contributed by atoms with van der Waals surface area (Å²) in [6.07, 6.45) is 1.86. The largest absolute Gasteiger partial charge is 0.508 e. The smallest absolute Gasteiger partial charge is 0.123 e. The van der Waals surface area contributed by atoms with Gasteiger partial charge in [-0.25, -0.2) is 4.39 Å². The van der Waals surface area contributed by atoms with Crippen molar-refractivity contribution in [3.05, 3.63) is 42.2 Å². The van der Waals surface area contributed by atoms with E-state index in [4.69, 9.17) is 0 Å². The Morgan fingerprint density at radius 3 is 3.06 bits per heavy atom. The van der Waals surface area contributed by atoms with Gasteiger partial charge in [-0.3, -0.25) is 0 Å². The molecule has 1 aromatic carbocycles. The summed E-state index contributed by atoms with van der Waals surface area (Å²) >= 11 is 1.78. The first-order valence-electron chi connectivity index (χ1n) is 5.11. The molecule has 0 heterocycles. The van der Waals surface area contributed by atoms with Crippen molar-refractivity contribution < 1.29 is 9.50 Å². The Morgan fingerprint density at radius 1 is 1.50 bits per heavy atom. The van der Waals surface area contributed by atoms with E-state index in [-0.39, 0.29) is 11.6 Å². The van der Waals surface area contributed by atoms with E-state index in [1.807, 2.05) is 6.08 Å². The van der Waals surface area contributed by atoms with Crippen LogP contribution < -0.4 is 5.32 Å². The molecule has 0 aromatic heterocycles. The molecule has 0 amide bonds. The van der Waals surface area contributed by atoms with Crippen molar-refractivity contribution in [1.82, 2.24) is 5.32 Å². The molecule has 4 heteroatoms. The molecule has 1 rings (SSSR count). The SMILES string of the molecule is C=CCSCCNCc1cc(F)ccc1O. The lowest BCUT2D eigenvalue weighted by Gasteiger charge is -2.06. The van der Waals surface area contributed by atoms with Gasteiger partial charge >= 0.3 is 0 Å². The molecule has 2 nitrogen and oxygen atoms in total. The molecule has 0 aliphatic heterocycles. The maximum atomic E-state index is 12.9. The van der Waals surface area contributed by atoms with E-state index in [0.717, 1.165) is 18.1 Å². The second kappa shape index (κ2) is 7.30. The van der Waals surface area contributed by atoms with Gasteiger partial charge in [-0.15, -0.1) is 6.58 Å². The van der Waals surface area contributed by atoms with Gasteiger partial charge in [0.15, 0.2) is 0 Å². The first-order chi connectivity index (χ1) is 7.74. The molecule has 0 saturated carbocycles. The van der Waals surface area contributed by atoms with E-state index in [1.165, 1.54) is 18.2 Å². The van der Waals surface area contributed by atoms with E-state index in [2.05, 4.69) is 11.9 Å². The van der Waals surface area contributed by atoms with E-state index in [0.29, 0.717) is 12.1 Å². The van der Waals surface area contributed by atoms with Crippen molar-refractivity contribution in [3.8, 4) is 5.75 Å². The zero-order valence-corrected chi connectivity index (χ0v) is 9.89. The van der Waals surface area contributed by atoms with Crippen LogP contribution in [0.4, 0.5) is 4.39 Å². The van der Waals surface area contributed by atoms with Gasteiger partial charge < -0.3 is 10.4 Å². The van der Waals surface area contributed by atoms with E-state index < -0.39 is 0 Å². The van der Waals surface area contributed by atoms with Crippen molar-refractivity contribution >= 4 is 11.8 Å². The molecular formula is C12H16FNOS. The van der Waals surface area contributed by atoms with Gasteiger partial charge in [0.2, 0.25) is 0 Å². The van der Waals surface area contributed by atoms with Gasteiger partial charge in [0.1, 0.15) is 11.6 Å². The van der Waals surface area contributed by atoms with Gasteiger partial charge in [0.25, 0.3) is 0 Å². The van der Waals surface area contributed by atoms with Crippen LogP contribution in [0.3, 0.4) is 0 Å². The highest BCUT2D eigenvalue weighted by Gasteiger charge is 2.01. The number of phenolic OH excluding ortho intramolecular Hbond substituents is 1. The van der Waals surface area contributed by atoms with Crippen LogP contribution in [-0.4, -0.2) is 23.2 Å². The summed E-state index contributed by atoms with van der Waals surface area (Å²) in [4.78, 5) is 0. The van der Waals surface area contributed by atoms with Crippen molar-refractivity contribution in [3.63, 3.8) is 0 Å². The maximum Gasteiger partial charge on any atom is 0.123 e. The standard InChI is InChI=1S/C12H16FNOS/c1-2-6-16-7-5-14-9-10-8-11(13)3-4-12(10)15/h2-4,8,14-15H,1,5-7,9H2. The van der Waals surface area contributed by atoms with Crippen molar-refractivity contribution in [2.75, 3.05) is 18.1 Å². The number of hydrogen-bond acceptors (Lipinski definition) is 3. The third kappa shape index (κ3) is 4.68. The summed E-state index contributed by atoms with van der Waals surface area (Å²) in [5.41, 5.74) is 0.591. The van der Waals surface area contributed by atoms with Crippen LogP contribution >= 0.6 is 11.8 Å². The lowest BCUT2D eigenvalue weighted by atomic mass is 10.2. The van der Waals surface area contributed by atoms with Crippen LogP contribution in [0, 0.1) is 5.82 Å². The minimum absolute atomic E-state index is 0.132. The van der Waals surface area contributed by atoms with E-state index in [1.54, 1.807) is 11.8 Å². The highest BCUT2D eigenvalue weighted by Crippen LogP contribution is 2.17. The van der Waals surface area contributed by atoms with Crippen molar-refractivity contribution in [2.45, 2.75) is 6.54 Å². The summed E-state index contributed by atoms with van der Waals surface area (Å²) in [6.45, 7) is 4.94. The fourth-order valence-electron chi connectivity index (χ4n) is 1.23. The Morgan fingerprint density at radius 2 is 2.31 bits per heavy atom. The fourth-order valence-corrected chi connectivity index (χ4v) is 1.85. The summed E-state index contributed by atoms with van der Waals surface area (Å²) < 4.78 is 12.9. The second-order valence-corrected chi connectivity index (χ2v) is 4.46. The molecule has 2 N–H and O–H groups in total. The van der Waals surface area contributed by atoms with E-state index in [9.17, 15) is 9.50 Å². The molecular weight excluding hydrogens is 225 g/mol. The van der Waals surface area contributed by atoms with Crippen LogP contribution in [-0.2, 0) is 6.54 Å². The molecule has 0 aliphatic carbocycles. The molecule has 0 spiro atoms. The van der Waals surface area contributed by atoms with Crippen LogP contribution in [0.1, 0.15) is 5.56 Å². The fraction of sp³-hybridized carbons (Fsp3) is 0.333. The monoisotopic (exact) mass is 241 g/mol. The van der Waals surface area contributed by atoms with Crippen molar-refractivity contribution in [1.29, 1.82) is 0 Å². The Hall–Kier alpha value is -1.00. The lowest BCUT2D eigenvalue weighted by Crippen LogP contribution is -2.16. The number of hydrogen-bond donors (Lipinski definition) is 2. The first-order valence-corrected chi connectivity index (χ1v) is 6.26. The minimum Gasteiger partial charge on any atom is -0.508 e. The Balaban J connectivity index is 2.26. The van der Waals surface area contributed by atoms with E-state index >= 15 is 0 Å². The number of phenols is 1. The third-order valence-electron chi connectivity index (χ3n) is 2.02. The third-order valence-corrected chi connectivity index (χ3v) is 2.98. The topological polar surface area (TPSA) is 32.3 Å². The molecule has 0 radical (unpaired) electrons. The van der Waals surface area contributed by atoms with Gasteiger partial charge in [-0.05, 0) is 18.2 Å². The summed E-state index contributed by atoms with van der Waals surface area (Å²) in [5, 5.41) is 12.6. The summed E-state index contributed by atoms with van der Waals surface area (Å²) in [6, 6.07) is 3.97. The normalized spacial score (nSPS) is 10.3. The molecule has 16 heavy (non-hydrogen) atoms. The molecule has 1 aromatic rings. The van der Waals surface area contributed by atoms with Gasteiger partial charge in [-0.1, -0.05) is 6.08 Å². The van der Waals surface area contributed by atoms with Crippen molar-refractivity contribution in [2.24, 2.45) is 0 Å². The predicted octanol–water partition coefficient (Wildman–Crippen LogP) is 2.54. The highest BCUT2D eigenvalue weighted by atomic mass is 32.2. The quantitative estimate of drug-likeness (QED) is 0.568. The average Bonchev–Trinajstić information content (AvgIpc) is 2.28. The lowest BCUT2D eigenvalue weighted by molar-refractivity contribution is 0.462. The number of rotatable bonds is 7. The van der Waals surface area contributed by atoms with Gasteiger partial charge in [-0.2, -0.15) is 11.8 Å². The second-order valence-electron chi connectivity index (χ2n) is 3.31. The average molecular weight is 241 g/mol. The summed E-state index contributed by atoms with van der Waals surface area (Å²) in [5.74, 6) is 1.72. The molecule has 0 saturated heterocycles. The maximum absolute atomic E-state index is 12.9. The number of benzene rings is 1. The van der Waals surface area contributed by atoms with Crippen LogP contribution in [0.5, 0.6) is 5.75 Å². The Kier molecular flexibility index (Phi) is 5.96. The predicted molar refractivity (Wildman–Crippen MR) is 67.3 cm³/mol. The van der Waals surface area contributed by atoms with Gasteiger partial charge in [0, 0.05) is 30.2 Å². The number of thioether (sulfide) groups is 1. The molecule has 0 aliphatic rings. The zero-order valence-electron chi connectivity index (χ0n) is 9.08. The minimum atomic E-state index is -0.323. The summed E-state index contributed by atoms with van der Waals surface area (Å²) in [7, 11) is 0. The molecule has 0 fully saturated rings. The number of halogens is 1. The highest BCUT2D eigenvalue weighted by molar-refractivity contribution is 7.99. The molecule has 0 unspecified atom stereocenters. The Labute approximate surface area is 99.6 Å². The number of nitrogens with one attached hydrogen (secondary N) is 1. The zero-order chi connectivity index (χ0) is 11.8. The molecule has 0 bridgehead atoms.